The molecule has 6 nitrogen and oxygen atoms in total. The summed E-state index contributed by atoms with van der Waals surface area (Å²) in [6, 6.07) is -0.630. The van der Waals surface area contributed by atoms with E-state index >= 15 is 0 Å². The van der Waals surface area contributed by atoms with Crippen LogP contribution in [0.5, 0.6) is 0 Å². The van der Waals surface area contributed by atoms with E-state index in [4.69, 9.17) is 4.74 Å². The third kappa shape index (κ3) is 57.4. The molecule has 0 saturated carbocycles. The Labute approximate surface area is 449 Å². The molecular formula is C66H125NO5. The van der Waals surface area contributed by atoms with Crippen LogP contribution in [-0.2, 0) is 14.3 Å². The number of carbonyl (C=O) groups excluding carboxylic acids is 2. The molecule has 2 unspecified atom stereocenters. The minimum atomic E-state index is -0.846. The number of aliphatic hydroxyl groups is 2. The second-order valence-corrected chi connectivity index (χ2v) is 22.1. The van der Waals surface area contributed by atoms with Gasteiger partial charge in [-0.1, -0.05) is 314 Å². The molecule has 0 bridgehead atoms. The van der Waals surface area contributed by atoms with E-state index in [0.29, 0.717) is 19.4 Å². The highest BCUT2D eigenvalue weighted by Crippen LogP contribution is 2.18. The summed E-state index contributed by atoms with van der Waals surface area (Å²) in [4.78, 5) is 24.5. The number of aliphatic hydroxyl groups excluding tert-OH is 2. The fourth-order valence-electron chi connectivity index (χ4n) is 9.95. The van der Waals surface area contributed by atoms with Crippen LogP contribution in [0.4, 0.5) is 0 Å². The summed E-state index contributed by atoms with van der Waals surface area (Å²) in [6.07, 6.45) is 77.6. The van der Waals surface area contributed by atoms with Gasteiger partial charge in [0.2, 0.25) is 5.91 Å². The van der Waals surface area contributed by atoms with Gasteiger partial charge < -0.3 is 20.3 Å². The maximum atomic E-state index is 12.5. The Hall–Kier alpha value is -1.92. The number of hydrogen-bond acceptors (Lipinski definition) is 5. The zero-order valence-corrected chi connectivity index (χ0v) is 48.4. The maximum Gasteiger partial charge on any atom is 0.305 e. The second-order valence-electron chi connectivity index (χ2n) is 22.1. The molecule has 72 heavy (non-hydrogen) atoms. The summed E-state index contributed by atoms with van der Waals surface area (Å²) in [6.45, 7) is 4.88. The van der Waals surface area contributed by atoms with Crippen molar-refractivity contribution in [2.45, 2.75) is 360 Å². The van der Waals surface area contributed by atoms with Gasteiger partial charge in [-0.15, -0.1) is 0 Å². The molecule has 0 aliphatic rings. The van der Waals surface area contributed by atoms with E-state index in [1.165, 1.54) is 270 Å². The molecule has 0 heterocycles. The van der Waals surface area contributed by atoms with Gasteiger partial charge in [-0.3, -0.25) is 9.59 Å². The minimum Gasteiger partial charge on any atom is -0.466 e. The molecule has 6 heteroatoms. The second kappa shape index (κ2) is 61.6. The molecule has 0 aliphatic heterocycles. The monoisotopic (exact) mass is 1010 g/mol. The molecule has 0 aromatic carbocycles. The number of allylic oxidation sites excluding steroid dienone is 5. The standard InChI is InChI=1S/C66H125NO5/c1-3-5-7-9-11-13-15-17-19-20-21-25-28-31-34-38-42-46-50-54-58-64(69)63(62-68)67-65(70)59-55-51-47-43-39-35-32-29-26-23-22-24-27-30-33-37-41-45-49-53-57-61-72-66(71)60-56-52-48-44-40-36-18-16-14-12-10-8-6-4-2/h10,12,16,18,54,58,63-64,68-69H,3-9,11,13-15,17,19-53,55-57,59-62H2,1-2H3,(H,67,70)/b12-10-,18-16-,58-54+. The Morgan fingerprint density at radius 1 is 0.389 bits per heavy atom. The number of carbonyl (C=O) groups is 2. The van der Waals surface area contributed by atoms with E-state index in [-0.39, 0.29) is 18.5 Å². The number of rotatable bonds is 60. The predicted octanol–water partition coefficient (Wildman–Crippen LogP) is 20.4. The smallest absolute Gasteiger partial charge is 0.305 e. The van der Waals surface area contributed by atoms with Crippen LogP contribution >= 0.6 is 0 Å². The largest absolute Gasteiger partial charge is 0.466 e. The van der Waals surface area contributed by atoms with Gasteiger partial charge in [-0.25, -0.2) is 0 Å². The summed E-state index contributed by atoms with van der Waals surface area (Å²) in [5.74, 6) is -0.0694. The molecule has 0 saturated heterocycles. The molecule has 424 valence electrons. The summed E-state index contributed by atoms with van der Waals surface area (Å²) in [5, 5.41) is 23.2. The Morgan fingerprint density at radius 3 is 1.10 bits per heavy atom. The van der Waals surface area contributed by atoms with Gasteiger partial charge >= 0.3 is 5.97 Å². The Morgan fingerprint density at radius 2 is 0.708 bits per heavy atom. The first-order chi connectivity index (χ1) is 35.5. The average molecular weight is 1010 g/mol. The van der Waals surface area contributed by atoms with Crippen molar-refractivity contribution in [3.63, 3.8) is 0 Å². The number of nitrogens with one attached hydrogen (secondary N) is 1. The van der Waals surface area contributed by atoms with Crippen LogP contribution in [0.2, 0.25) is 0 Å². The van der Waals surface area contributed by atoms with Crippen molar-refractivity contribution in [1.29, 1.82) is 0 Å². The highest BCUT2D eigenvalue weighted by atomic mass is 16.5. The first-order valence-corrected chi connectivity index (χ1v) is 32.3. The number of amides is 1. The predicted molar refractivity (Wildman–Crippen MR) is 315 cm³/mol. The number of unbranched alkanes of at least 4 members (excludes halogenated alkanes) is 45. The SMILES string of the molecule is CCCC/C=C\C/C=C\CCCCCCCC(=O)OCCCCCCCCCCCCCCCCCCCCCCCC(=O)NC(CO)C(O)/C=C/CCCCCCCCCCCCCCCCCCCC. The first kappa shape index (κ1) is 70.1. The number of esters is 1. The normalized spacial score (nSPS) is 12.8. The maximum absolute atomic E-state index is 12.5. The minimum absolute atomic E-state index is 0.00300. The van der Waals surface area contributed by atoms with Crippen LogP contribution in [0, 0.1) is 0 Å². The van der Waals surface area contributed by atoms with Gasteiger partial charge in [0, 0.05) is 12.8 Å². The first-order valence-electron chi connectivity index (χ1n) is 32.3. The third-order valence-electron chi connectivity index (χ3n) is 14.9. The van der Waals surface area contributed by atoms with Crippen molar-refractivity contribution in [1.82, 2.24) is 5.32 Å². The fourth-order valence-corrected chi connectivity index (χ4v) is 9.95. The van der Waals surface area contributed by atoms with Crippen LogP contribution in [0.3, 0.4) is 0 Å². The molecule has 2 atom stereocenters. The van der Waals surface area contributed by atoms with Crippen molar-refractivity contribution in [3.8, 4) is 0 Å². The molecule has 3 N–H and O–H groups in total. The van der Waals surface area contributed by atoms with E-state index in [9.17, 15) is 19.8 Å². The van der Waals surface area contributed by atoms with E-state index in [1.807, 2.05) is 6.08 Å². The van der Waals surface area contributed by atoms with Crippen molar-refractivity contribution in [2.24, 2.45) is 0 Å². The van der Waals surface area contributed by atoms with Crippen LogP contribution in [0.25, 0.3) is 0 Å². The molecule has 1 amide bonds. The van der Waals surface area contributed by atoms with Crippen molar-refractivity contribution in [2.75, 3.05) is 13.2 Å². The molecule has 0 aliphatic carbocycles. The molecule has 0 spiro atoms. The number of hydrogen-bond donors (Lipinski definition) is 3. The van der Waals surface area contributed by atoms with Crippen molar-refractivity contribution in [3.05, 3.63) is 36.5 Å². The fraction of sp³-hybridized carbons (Fsp3) is 0.879. The van der Waals surface area contributed by atoms with Crippen molar-refractivity contribution >= 4 is 11.9 Å². The Balaban J connectivity index is 3.42. The summed E-state index contributed by atoms with van der Waals surface area (Å²) < 4.78 is 5.47. The van der Waals surface area contributed by atoms with E-state index < -0.39 is 12.1 Å². The van der Waals surface area contributed by atoms with Gasteiger partial charge in [0.15, 0.2) is 0 Å². The van der Waals surface area contributed by atoms with Gasteiger partial charge in [0.1, 0.15) is 0 Å². The summed E-state index contributed by atoms with van der Waals surface area (Å²) in [7, 11) is 0. The molecule has 0 aromatic heterocycles. The lowest BCUT2D eigenvalue weighted by molar-refractivity contribution is -0.143. The molecule has 0 fully saturated rings. The highest BCUT2D eigenvalue weighted by molar-refractivity contribution is 5.76. The summed E-state index contributed by atoms with van der Waals surface area (Å²) >= 11 is 0. The third-order valence-corrected chi connectivity index (χ3v) is 14.9. The topological polar surface area (TPSA) is 95.9 Å². The van der Waals surface area contributed by atoms with Crippen molar-refractivity contribution < 1.29 is 24.5 Å². The molecule has 0 rings (SSSR count). The zero-order valence-electron chi connectivity index (χ0n) is 48.4. The van der Waals surface area contributed by atoms with Gasteiger partial charge in [0.25, 0.3) is 0 Å². The van der Waals surface area contributed by atoms with Crippen LogP contribution < -0.4 is 5.32 Å². The van der Waals surface area contributed by atoms with Crippen LogP contribution in [-0.4, -0.2) is 47.4 Å². The van der Waals surface area contributed by atoms with Crippen LogP contribution in [0.1, 0.15) is 348 Å². The van der Waals surface area contributed by atoms with Gasteiger partial charge in [-0.2, -0.15) is 0 Å². The molecular weight excluding hydrogens is 887 g/mol. The number of ether oxygens (including phenoxy) is 1. The lowest BCUT2D eigenvalue weighted by Gasteiger charge is -2.20. The molecule has 0 aromatic rings. The van der Waals surface area contributed by atoms with E-state index in [1.54, 1.807) is 6.08 Å². The highest BCUT2D eigenvalue weighted by Gasteiger charge is 2.18. The summed E-state index contributed by atoms with van der Waals surface area (Å²) in [5.41, 5.74) is 0. The van der Waals surface area contributed by atoms with Gasteiger partial charge in [0.05, 0.1) is 25.4 Å². The average Bonchev–Trinajstić information content (AvgIpc) is 3.38. The van der Waals surface area contributed by atoms with Gasteiger partial charge in [-0.05, 0) is 57.8 Å². The van der Waals surface area contributed by atoms with Crippen LogP contribution in [0.15, 0.2) is 36.5 Å². The quantitative estimate of drug-likeness (QED) is 0.0320. The van der Waals surface area contributed by atoms with E-state index in [0.717, 1.165) is 51.4 Å². The zero-order chi connectivity index (χ0) is 52.2. The lowest BCUT2D eigenvalue weighted by Crippen LogP contribution is -2.45. The lowest BCUT2D eigenvalue weighted by atomic mass is 10.0. The Bertz CT molecular complexity index is 1170. The Kier molecular flexibility index (Phi) is 60.0. The van der Waals surface area contributed by atoms with E-state index in [2.05, 4.69) is 43.5 Å². The molecule has 0 radical (unpaired) electrons.